The molecule has 0 spiro atoms. The Balaban J connectivity index is 1.63. The molecule has 0 saturated carbocycles. The standard InChI is InChI=1S/C18H15N3O3/c22-18(15-6-8-16(9-7-15)21(23)24)20-12-10-14-4-1-3-13-5-2-11-19-17(13)14/h1-9,11H,10,12H2,(H,20,22). The summed E-state index contributed by atoms with van der Waals surface area (Å²) in [6.45, 7) is 0.464. The molecule has 120 valence electrons. The van der Waals surface area contributed by atoms with Crippen molar-refractivity contribution < 1.29 is 9.72 Å². The second-order valence-electron chi connectivity index (χ2n) is 5.30. The normalized spacial score (nSPS) is 10.5. The molecule has 1 aromatic heterocycles. The Morgan fingerprint density at radius 2 is 1.83 bits per heavy atom. The predicted octanol–water partition coefficient (Wildman–Crippen LogP) is 3.12. The van der Waals surface area contributed by atoms with Crippen LogP contribution in [0, 0.1) is 10.1 Å². The van der Waals surface area contributed by atoms with E-state index < -0.39 is 4.92 Å². The number of hydrogen-bond acceptors (Lipinski definition) is 4. The van der Waals surface area contributed by atoms with Gasteiger partial charge in [-0.3, -0.25) is 19.9 Å². The zero-order valence-corrected chi connectivity index (χ0v) is 12.8. The van der Waals surface area contributed by atoms with Crippen LogP contribution < -0.4 is 5.32 Å². The Kier molecular flexibility index (Phi) is 4.47. The van der Waals surface area contributed by atoms with E-state index in [1.807, 2.05) is 30.3 Å². The second-order valence-corrected chi connectivity index (χ2v) is 5.30. The fourth-order valence-corrected chi connectivity index (χ4v) is 2.52. The minimum absolute atomic E-state index is 0.0339. The van der Waals surface area contributed by atoms with Crippen molar-refractivity contribution in [3.05, 3.63) is 82.0 Å². The molecule has 0 fully saturated rings. The van der Waals surface area contributed by atoms with Crippen LogP contribution in [0.2, 0.25) is 0 Å². The highest BCUT2D eigenvalue weighted by Gasteiger charge is 2.09. The highest BCUT2D eigenvalue weighted by Crippen LogP contribution is 2.16. The van der Waals surface area contributed by atoms with E-state index in [0.717, 1.165) is 16.5 Å². The third kappa shape index (κ3) is 3.38. The topological polar surface area (TPSA) is 85.1 Å². The summed E-state index contributed by atoms with van der Waals surface area (Å²) in [6, 6.07) is 15.4. The first-order chi connectivity index (χ1) is 11.6. The van der Waals surface area contributed by atoms with Crippen molar-refractivity contribution in [1.29, 1.82) is 0 Å². The molecule has 0 unspecified atom stereocenters. The highest BCUT2D eigenvalue weighted by atomic mass is 16.6. The number of rotatable bonds is 5. The van der Waals surface area contributed by atoms with Crippen LogP contribution in [0.3, 0.4) is 0 Å². The van der Waals surface area contributed by atoms with Gasteiger partial charge in [-0.05, 0) is 30.2 Å². The molecule has 0 aliphatic carbocycles. The molecule has 3 aromatic rings. The largest absolute Gasteiger partial charge is 0.352 e. The van der Waals surface area contributed by atoms with Crippen LogP contribution in [-0.2, 0) is 6.42 Å². The summed E-state index contributed by atoms with van der Waals surface area (Å²) in [5.74, 6) is -0.252. The molecule has 0 bridgehead atoms. The third-order valence-electron chi connectivity index (χ3n) is 3.74. The molecule has 0 aliphatic heterocycles. The zero-order chi connectivity index (χ0) is 16.9. The first kappa shape index (κ1) is 15.6. The molecular weight excluding hydrogens is 306 g/mol. The lowest BCUT2D eigenvalue weighted by atomic mass is 10.1. The Hall–Kier alpha value is -3.28. The number of amides is 1. The average molecular weight is 321 g/mol. The average Bonchev–Trinajstić information content (AvgIpc) is 2.62. The molecule has 24 heavy (non-hydrogen) atoms. The van der Waals surface area contributed by atoms with E-state index in [1.165, 1.54) is 24.3 Å². The van der Waals surface area contributed by atoms with Gasteiger partial charge in [-0.2, -0.15) is 0 Å². The smallest absolute Gasteiger partial charge is 0.269 e. The quantitative estimate of drug-likeness (QED) is 0.578. The summed E-state index contributed by atoms with van der Waals surface area (Å²) in [5, 5.41) is 14.5. The third-order valence-corrected chi connectivity index (χ3v) is 3.74. The first-order valence-electron chi connectivity index (χ1n) is 7.50. The van der Waals surface area contributed by atoms with Gasteiger partial charge >= 0.3 is 0 Å². The van der Waals surface area contributed by atoms with E-state index in [1.54, 1.807) is 6.20 Å². The van der Waals surface area contributed by atoms with Crippen LogP contribution in [-0.4, -0.2) is 22.4 Å². The number of non-ortho nitro benzene ring substituents is 1. The molecule has 6 nitrogen and oxygen atoms in total. The number of aromatic nitrogens is 1. The number of para-hydroxylation sites is 1. The molecular formula is C18H15N3O3. The van der Waals surface area contributed by atoms with Gasteiger partial charge in [-0.1, -0.05) is 24.3 Å². The van der Waals surface area contributed by atoms with Gasteiger partial charge in [0.2, 0.25) is 0 Å². The number of carbonyl (C=O) groups is 1. The summed E-state index contributed by atoms with van der Waals surface area (Å²) < 4.78 is 0. The minimum Gasteiger partial charge on any atom is -0.352 e. The maximum Gasteiger partial charge on any atom is 0.269 e. The van der Waals surface area contributed by atoms with Crippen molar-refractivity contribution in [1.82, 2.24) is 10.3 Å². The molecule has 1 amide bonds. The lowest BCUT2D eigenvalue weighted by Gasteiger charge is -2.07. The number of hydrogen-bond donors (Lipinski definition) is 1. The molecule has 0 atom stereocenters. The Morgan fingerprint density at radius 1 is 1.08 bits per heavy atom. The van der Waals surface area contributed by atoms with Crippen molar-refractivity contribution in [3.8, 4) is 0 Å². The summed E-state index contributed by atoms with van der Waals surface area (Å²) in [7, 11) is 0. The van der Waals surface area contributed by atoms with Crippen molar-refractivity contribution in [2.45, 2.75) is 6.42 Å². The summed E-state index contributed by atoms with van der Waals surface area (Å²) >= 11 is 0. The maximum absolute atomic E-state index is 12.1. The monoisotopic (exact) mass is 321 g/mol. The molecule has 0 aliphatic rings. The van der Waals surface area contributed by atoms with Crippen molar-refractivity contribution in [2.75, 3.05) is 6.54 Å². The lowest BCUT2D eigenvalue weighted by molar-refractivity contribution is -0.384. The zero-order valence-electron chi connectivity index (χ0n) is 12.8. The Labute approximate surface area is 138 Å². The van der Waals surface area contributed by atoms with Crippen molar-refractivity contribution in [2.24, 2.45) is 0 Å². The molecule has 2 aromatic carbocycles. The van der Waals surface area contributed by atoms with E-state index in [-0.39, 0.29) is 11.6 Å². The highest BCUT2D eigenvalue weighted by molar-refractivity contribution is 5.94. The van der Waals surface area contributed by atoms with E-state index in [0.29, 0.717) is 18.5 Å². The van der Waals surface area contributed by atoms with Gasteiger partial charge in [0.05, 0.1) is 10.4 Å². The molecule has 0 saturated heterocycles. The van der Waals surface area contributed by atoms with Gasteiger partial charge in [0, 0.05) is 35.8 Å². The number of nitrogens with zero attached hydrogens (tertiary/aromatic N) is 2. The van der Waals surface area contributed by atoms with Crippen molar-refractivity contribution in [3.63, 3.8) is 0 Å². The second kappa shape index (κ2) is 6.87. The molecule has 1 N–H and O–H groups in total. The van der Waals surface area contributed by atoms with Gasteiger partial charge in [-0.15, -0.1) is 0 Å². The van der Waals surface area contributed by atoms with Gasteiger partial charge in [0.25, 0.3) is 11.6 Å². The van der Waals surface area contributed by atoms with Crippen LogP contribution in [0.5, 0.6) is 0 Å². The van der Waals surface area contributed by atoms with Gasteiger partial charge < -0.3 is 5.32 Å². The van der Waals surface area contributed by atoms with Crippen molar-refractivity contribution >= 4 is 22.5 Å². The first-order valence-corrected chi connectivity index (χ1v) is 7.50. The summed E-state index contributed by atoms with van der Waals surface area (Å²) in [5.41, 5.74) is 2.37. The summed E-state index contributed by atoms with van der Waals surface area (Å²) in [4.78, 5) is 26.6. The van der Waals surface area contributed by atoms with Crippen LogP contribution >= 0.6 is 0 Å². The molecule has 6 heteroatoms. The predicted molar refractivity (Wildman–Crippen MR) is 90.9 cm³/mol. The van der Waals surface area contributed by atoms with E-state index >= 15 is 0 Å². The van der Waals surface area contributed by atoms with Crippen LogP contribution in [0.25, 0.3) is 10.9 Å². The number of carbonyl (C=O) groups excluding carboxylic acids is 1. The SMILES string of the molecule is O=C(NCCc1cccc2cccnc12)c1ccc([N+](=O)[O-])cc1. The number of nitrogens with one attached hydrogen (secondary N) is 1. The summed E-state index contributed by atoms with van der Waals surface area (Å²) in [6.07, 6.45) is 2.41. The number of nitro groups is 1. The number of fused-ring (bicyclic) bond motifs is 1. The fraction of sp³-hybridized carbons (Fsp3) is 0.111. The molecule has 3 rings (SSSR count). The number of pyridine rings is 1. The Bertz CT molecular complexity index is 886. The lowest BCUT2D eigenvalue weighted by Crippen LogP contribution is -2.25. The van der Waals surface area contributed by atoms with Crippen LogP contribution in [0.15, 0.2) is 60.8 Å². The molecule has 1 heterocycles. The van der Waals surface area contributed by atoms with Gasteiger partial charge in [-0.25, -0.2) is 0 Å². The van der Waals surface area contributed by atoms with Crippen LogP contribution in [0.1, 0.15) is 15.9 Å². The van der Waals surface area contributed by atoms with Crippen LogP contribution in [0.4, 0.5) is 5.69 Å². The molecule has 0 radical (unpaired) electrons. The van der Waals surface area contributed by atoms with E-state index in [4.69, 9.17) is 0 Å². The maximum atomic E-state index is 12.1. The van der Waals surface area contributed by atoms with E-state index in [9.17, 15) is 14.9 Å². The minimum atomic E-state index is -0.491. The Morgan fingerprint density at radius 3 is 2.58 bits per heavy atom. The fourth-order valence-electron chi connectivity index (χ4n) is 2.52. The van der Waals surface area contributed by atoms with E-state index in [2.05, 4.69) is 10.3 Å². The van der Waals surface area contributed by atoms with Gasteiger partial charge in [0.1, 0.15) is 0 Å². The van der Waals surface area contributed by atoms with Gasteiger partial charge in [0.15, 0.2) is 0 Å². The number of nitro benzene ring substituents is 1. The number of benzene rings is 2.